The first-order chi connectivity index (χ1) is 10.2. The Balaban J connectivity index is 1.70. The number of carboxylic acid groups (broad SMARTS) is 1. The summed E-state index contributed by atoms with van der Waals surface area (Å²) in [6, 6.07) is 7.60. The molecule has 21 heavy (non-hydrogen) atoms. The van der Waals surface area contributed by atoms with Crippen LogP contribution in [0.2, 0.25) is 0 Å². The standard InChI is InChI=1S/C16H19NO4/c1-2-20-11-7-10(8-11)17-9-14-15(16(18)19)12-5-3-4-6-13(12)21-14/h3-6,10-11,17H,2,7-9H2,1H3,(H,18,19). The van der Waals surface area contributed by atoms with E-state index >= 15 is 0 Å². The van der Waals surface area contributed by atoms with Crippen molar-refractivity contribution >= 4 is 16.9 Å². The van der Waals surface area contributed by atoms with E-state index in [0.29, 0.717) is 35.4 Å². The number of rotatable bonds is 6. The van der Waals surface area contributed by atoms with Crippen molar-refractivity contribution in [2.45, 2.75) is 38.5 Å². The van der Waals surface area contributed by atoms with Gasteiger partial charge in [0.05, 0.1) is 12.6 Å². The molecule has 0 aliphatic heterocycles. The molecule has 0 saturated heterocycles. The fraction of sp³-hybridized carbons (Fsp3) is 0.438. The van der Waals surface area contributed by atoms with E-state index in [1.807, 2.05) is 19.1 Å². The number of hydrogen-bond acceptors (Lipinski definition) is 4. The molecule has 1 saturated carbocycles. The first-order valence-corrected chi connectivity index (χ1v) is 7.27. The van der Waals surface area contributed by atoms with E-state index in [2.05, 4.69) is 5.32 Å². The highest BCUT2D eigenvalue weighted by molar-refractivity contribution is 6.03. The molecule has 3 rings (SSSR count). The Bertz CT molecular complexity index is 643. The van der Waals surface area contributed by atoms with Gasteiger partial charge in [-0.1, -0.05) is 18.2 Å². The average Bonchev–Trinajstić information content (AvgIpc) is 2.79. The van der Waals surface area contributed by atoms with Crippen molar-refractivity contribution < 1.29 is 19.1 Å². The van der Waals surface area contributed by atoms with Crippen molar-refractivity contribution in [2.24, 2.45) is 0 Å². The molecule has 0 spiro atoms. The highest BCUT2D eigenvalue weighted by Crippen LogP contribution is 2.27. The maximum atomic E-state index is 11.5. The zero-order valence-electron chi connectivity index (χ0n) is 12.0. The molecular weight excluding hydrogens is 270 g/mol. The van der Waals surface area contributed by atoms with Crippen LogP contribution in [0.15, 0.2) is 28.7 Å². The highest BCUT2D eigenvalue weighted by atomic mass is 16.5. The minimum absolute atomic E-state index is 0.263. The lowest BCUT2D eigenvalue weighted by Gasteiger charge is -2.35. The fourth-order valence-corrected chi connectivity index (χ4v) is 2.80. The second-order valence-corrected chi connectivity index (χ2v) is 5.33. The minimum Gasteiger partial charge on any atom is -0.478 e. The third-order valence-electron chi connectivity index (χ3n) is 3.93. The lowest BCUT2D eigenvalue weighted by Crippen LogP contribution is -2.45. The Hall–Kier alpha value is -1.85. The molecule has 1 aliphatic carbocycles. The van der Waals surface area contributed by atoms with Gasteiger partial charge in [0.15, 0.2) is 0 Å². The number of ether oxygens (including phenoxy) is 1. The van der Waals surface area contributed by atoms with Crippen LogP contribution in [-0.2, 0) is 11.3 Å². The Morgan fingerprint density at radius 2 is 2.19 bits per heavy atom. The third kappa shape index (κ3) is 2.80. The molecule has 5 heteroatoms. The Morgan fingerprint density at radius 3 is 2.90 bits per heavy atom. The summed E-state index contributed by atoms with van der Waals surface area (Å²) in [7, 11) is 0. The first-order valence-electron chi connectivity index (χ1n) is 7.27. The van der Waals surface area contributed by atoms with Crippen LogP contribution in [0.3, 0.4) is 0 Å². The smallest absolute Gasteiger partial charge is 0.339 e. The van der Waals surface area contributed by atoms with E-state index in [-0.39, 0.29) is 5.56 Å². The minimum atomic E-state index is -0.947. The van der Waals surface area contributed by atoms with Crippen LogP contribution in [-0.4, -0.2) is 29.8 Å². The van der Waals surface area contributed by atoms with Gasteiger partial charge in [-0.3, -0.25) is 0 Å². The number of para-hydroxylation sites is 1. The maximum absolute atomic E-state index is 11.5. The van der Waals surface area contributed by atoms with Gasteiger partial charge >= 0.3 is 5.97 Å². The number of benzene rings is 1. The second kappa shape index (κ2) is 5.87. The van der Waals surface area contributed by atoms with Crippen molar-refractivity contribution in [1.82, 2.24) is 5.32 Å². The molecule has 0 radical (unpaired) electrons. The van der Waals surface area contributed by atoms with E-state index in [9.17, 15) is 9.90 Å². The van der Waals surface area contributed by atoms with Crippen LogP contribution in [0.4, 0.5) is 0 Å². The summed E-state index contributed by atoms with van der Waals surface area (Å²) >= 11 is 0. The summed E-state index contributed by atoms with van der Waals surface area (Å²) in [5.41, 5.74) is 0.881. The van der Waals surface area contributed by atoms with Gasteiger partial charge < -0.3 is 19.6 Å². The molecule has 1 heterocycles. The molecule has 0 amide bonds. The number of carboxylic acids is 1. The van der Waals surface area contributed by atoms with E-state index in [0.717, 1.165) is 19.4 Å². The predicted molar refractivity (Wildman–Crippen MR) is 78.4 cm³/mol. The summed E-state index contributed by atoms with van der Waals surface area (Å²) in [6.45, 7) is 3.16. The zero-order chi connectivity index (χ0) is 14.8. The number of aromatic carboxylic acids is 1. The SMILES string of the molecule is CCOC1CC(NCc2oc3ccccc3c2C(=O)O)C1. The molecule has 112 valence electrons. The molecule has 1 aromatic carbocycles. The van der Waals surface area contributed by atoms with Crippen molar-refractivity contribution in [3.63, 3.8) is 0 Å². The topological polar surface area (TPSA) is 71.7 Å². The lowest BCUT2D eigenvalue weighted by molar-refractivity contribution is -0.0106. The van der Waals surface area contributed by atoms with Crippen LogP contribution < -0.4 is 5.32 Å². The van der Waals surface area contributed by atoms with Gasteiger partial charge in [0, 0.05) is 18.0 Å². The van der Waals surface area contributed by atoms with Crippen molar-refractivity contribution in [2.75, 3.05) is 6.61 Å². The van der Waals surface area contributed by atoms with Crippen molar-refractivity contribution in [3.8, 4) is 0 Å². The quantitative estimate of drug-likeness (QED) is 0.855. The van der Waals surface area contributed by atoms with Gasteiger partial charge in [-0.25, -0.2) is 4.79 Å². The molecule has 5 nitrogen and oxygen atoms in total. The Kier molecular flexibility index (Phi) is 3.94. The van der Waals surface area contributed by atoms with Gasteiger partial charge in [-0.05, 0) is 25.8 Å². The number of furan rings is 1. The normalized spacial score (nSPS) is 21.4. The largest absolute Gasteiger partial charge is 0.478 e. The molecule has 1 fully saturated rings. The van der Waals surface area contributed by atoms with Crippen LogP contribution in [0.5, 0.6) is 0 Å². The van der Waals surface area contributed by atoms with E-state index < -0.39 is 5.97 Å². The number of carbonyl (C=O) groups is 1. The van der Waals surface area contributed by atoms with Crippen LogP contribution in [0, 0.1) is 0 Å². The summed E-state index contributed by atoms with van der Waals surface area (Å²) in [5.74, 6) is -0.457. The Labute approximate surface area is 122 Å². The molecule has 2 N–H and O–H groups in total. The van der Waals surface area contributed by atoms with Crippen LogP contribution in [0.1, 0.15) is 35.9 Å². The van der Waals surface area contributed by atoms with E-state index in [1.165, 1.54) is 0 Å². The molecule has 1 aromatic heterocycles. The molecule has 0 atom stereocenters. The summed E-state index contributed by atoms with van der Waals surface area (Å²) < 4.78 is 11.2. The second-order valence-electron chi connectivity index (χ2n) is 5.33. The van der Waals surface area contributed by atoms with Gasteiger partial charge in [-0.2, -0.15) is 0 Å². The number of fused-ring (bicyclic) bond motifs is 1. The monoisotopic (exact) mass is 289 g/mol. The van der Waals surface area contributed by atoms with Gasteiger partial charge in [0.2, 0.25) is 0 Å². The lowest BCUT2D eigenvalue weighted by atomic mass is 9.89. The average molecular weight is 289 g/mol. The number of nitrogens with one attached hydrogen (secondary N) is 1. The number of hydrogen-bond donors (Lipinski definition) is 2. The highest BCUT2D eigenvalue weighted by Gasteiger charge is 2.30. The molecule has 0 bridgehead atoms. The molecule has 1 aliphatic rings. The summed E-state index contributed by atoms with van der Waals surface area (Å²) in [4.78, 5) is 11.5. The van der Waals surface area contributed by atoms with Gasteiger partial charge in [0.1, 0.15) is 16.9 Å². The fourth-order valence-electron chi connectivity index (χ4n) is 2.80. The third-order valence-corrected chi connectivity index (χ3v) is 3.93. The Morgan fingerprint density at radius 1 is 1.43 bits per heavy atom. The van der Waals surface area contributed by atoms with Crippen LogP contribution >= 0.6 is 0 Å². The summed E-state index contributed by atoms with van der Waals surface area (Å²) in [6.07, 6.45) is 2.27. The molecular formula is C16H19NO4. The van der Waals surface area contributed by atoms with Gasteiger partial charge in [-0.15, -0.1) is 0 Å². The van der Waals surface area contributed by atoms with E-state index in [4.69, 9.17) is 9.15 Å². The maximum Gasteiger partial charge on any atom is 0.339 e. The van der Waals surface area contributed by atoms with E-state index in [1.54, 1.807) is 12.1 Å². The molecule has 2 aromatic rings. The summed E-state index contributed by atoms with van der Waals surface area (Å²) in [5, 5.41) is 13.4. The van der Waals surface area contributed by atoms with Gasteiger partial charge in [0.25, 0.3) is 0 Å². The first kappa shape index (κ1) is 14.1. The van der Waals surface area contributed by atoms with Crippen LogP contribution in [0.25, 0.3) is 11.0 Å². The predicted octanol–water partition coefficient (Wildman–Crippen LogP) is 2.79. The van der Waals surface area contributed by atoms with Crippen molar-refractivity contribution in [3.05, 3.63) is 35.6 Å². The van der Waals surface area contributed by atoms with Crippen molar-refractivity contribution in [1.29, 1.82) is 0 Å². The zero-order valence-corrected chi connectivity index (χ0v) is 12.0. The molecule has 0 unspecified atom stereocenters.